The molecule has 11 heteroatoms. The van der Waals surface area contributed by atoms with Crippen LogP contribution >= 0.6 is 15.9 Å². The van der Waals surface area contributed by atoms with Crippen molar-refractivity contribution in [2.24, 2.45) is 5.14 Å². The maximum Gasteiger partial charge on any atom is 0.416 e. The molecule has 0 radical (unpaired) electrons. The molecule has 0 aliphatic rings. The Hall–Kier alpha value is -2.63. The normalized spacial score (nSPS) is 14.2. The monoisotopic (exact) mass is 583 g/mol. The largest absolute Gasteiger partial charge is 0.416 e. The van der Waals surface area contributed by atoms with E-state index in [0.717, 1.165) is 17.7 Å². The maximum atomic E-state index is 14.7. The van der Waals surface area contributed by atoms with E-state index in [2.05, 4.69) is 26.1 Å². The molecule has 4 aromatic rings. The Labute approximate surface area is 215 Å². The highest BCUT2D eigenvalue weighted by molar-refractivity contribution is 9.10. The van der Waals surface area contributed by atoms with E-state index in [1.165, 1.54) is 18.2 Å². The molecule has 0 aliphatic carbocycles. The van der Waals surface area contributed by atoms with Gasteiger partial charge in [0.05, 0.1) is 27.0 Å². The molecule has 2 aromatic carbocycles. The van der Waals surface area contributed by atoms with Gasteiger partial charge in [-0.2, -0.15) is 13.2 Å². The molecule has 1 unspecified atom stereocenters. The first-order valence-electron chi connectivity index (χ1n) is 10.9. The van der Waals surface area contributed by atoms with Crippen molar-refractivity contribution < 1.29 is 26.3 Å². The van der Waals surface area contributed by atoms with Gasteiger partial charge >= 0.3 is 6.18 Å². The van der Waals surface area contributed by atoms with Crippen LogP contribution < -0.4 is 5.14 Å². The van der Waals surface area contributed by atoms with Gasteiger partial charge in [0.15, 0.2) is 5.58 Å². The predicted molar refractivity (Wildman–Crippen MR) is 134 cm³/mol. The number of benzene rings is 2. The molecule has 0 saturated heterocycles. The molecule has 2 aromatic heterocycles. The van der Waals surface area contributed by atoms with Crippen molar-refractivity contribution in [1.82, 2.24) is 10.1 Å². The van der Waals surface area contributed by atoms with E-state index in [9.17, 15) is 21.8 Å². The zero-order valence-corrected chi connectivity index (χ0v) is 21.7. The van der Waals surface area contributed by atoms with Crippen LogP contribution in [0.2, 0.25) is 0 Å². The molecule has 0 bridgehead atoms. The van der Waals surface area contributed by atoms with Gasteiger partial charge in [0, 0.05) is 10.9 Å². The zero-order valence-electron chi connectivity index (χ0n) is 19.3. The third kappa shape index (κ3) is 5.52. The molecule has 5 nitrogen and oxygen atoms in total. The highest BCUT2D eigenvalue weighted by atomic mass is 79.9. The van der Waals surface area contributed by atoms with Crippen LogP contribution in [0.4, 0.5) is 17.6 Å². The lowest BCUT2D eigenvalue weighted by Gasteiger charge is -2.29. The minimum atomic E-state index is -4.52. The van der Waals surface area contributed by atoms with E-state index >= 15 is 0 Å². The van der Waals surface area contributed by atoms with E-state index < -0.39 is 39.2 Å². The van der Waals surface area contributed by atoms with Gasteiger partial charge in [-0.3, -0.25) is 5.14 Å². The molecule has 0 saturated carbocycles. The minimum Gasteiger partial charge on any atom is -0.356 e. The molecular formula is C25H22BrF4N3O2S. The van der Waals surface area contributed by atoms with Crippen molar-refractivity contribution in [2.75, 3.05) is 0 Å². The summed E-state index contributed by atoms with van der Waals surface area (Å²) in [6.45, 7) is 3.52. The summed E-state index contributed by atoms with van der Waals surface area (Å²) in [4.78, 5) is 4.28. The number of halogens is 5. The molecule has 190 valence electrons. The lowest BCUT2D eigenvalue weighted by Crippen LogP contribution is -2.34. The van der Waals surface area contributed by atoms with Gasteiger partial charge in [-0.1, -0.05) is 29.4 Å². The summed E-state index contributed by atoms with van der Waals surface area (Å²) in [6, 6.07) is 13.2. The molecule has 4 rings (SSSR count). The van der Waals surface area contributed by atoms with Gasteiger partial charge in [-0.15, -0.1) is 0 Å². The standard InChI is InChI=1S/C25H22BrF4N3O2S/c1-24(2,36(31)34)13-14(11-20-19(27)9-10-22(26)32-20)16-5-3-4-6-17(16)23-18-8-7-15(25(28,29)30)12-21(18)35-33-23/h3-10,12,14H,11,13,31H2,1-2H3/t14-,36?/m0/s1. The van der Waals surface area contributed by atoms with Crippen LogP contribution in [0.3, 0.4) is 0 Å². The van der Waals surface area contributed by atoms with Crippen molar-refractivity contribution in [3.8, 4) is 11.3 Å². The number of hydrogen-bond donors (Lipinski definition) is 1. The van der Waals surface area contributed by atoms with Crippen molar-refractivity contribution in [3.05, 3.63) is 81.8 Å². The van der Waals surface area contributed by atoms with Crippen LogP contribution in [-0.4, -0.2) is 19.1 Å². The molecule has 0 fully saturated rings. The van der Waals surface area contributed by atoms with E-state index in [4.69, 9.17) is 9.66 Å². The van der Waals surface area contributed by atoms with Crippen LogP contribution in [0.25, 0.3) is 22.2 Å². The number of aromatic nitrogens is 2. The van der Waals surface area contributed by atoms with Gasteiger partial charge < -0.3 is 4.52 Å². The second-order valence-electron chi connectivity index (χ2n) is 9.05. The molecule has 2 N–H and O–H groups in total. The molecule has 36 heavy (non-hydrogen) atoms. The molecule has 0 aliphatic heterocycles. The first-order chi connectivity index (χ1) is 16.9. The van der Waals surface area contributed by atoms with Gasteiger partial charge in [0.1, 0.15) is 16.1 Å². The van der Waals surface area contributed by atoms with Gasteiger partial charge in [0.25, 0.3) is 0 Å². The second kappa shape index (κ2) is 10.0. The third-order valence-corrected chi connectivity index (χ3v) is 7.76. The lowest BCUT2D eigenvalue weighted by molar-refractivity contribution is -0.137. The fraction of sp³-hybridized carbons (Fsp3) is 0.280. The van der Waals surface area contributed by atoms with Gasteiger partial charge in [-0.25, -0.2) is 13.6 Å². The first kappa shape index (κ1) is 26.4. The fourth-order valence-electron chi connectivity index (χ4n) is 4.18. The van der Waals surface area contributed by atoms with Crippen molar-refractivity contribution in [3.63, 3.8) is 0 Å². The highest BCUT2D eigenvalue weighted by Crippen LogP contribution is 2.40. The van der Waals surface area contributed by atoms with Crippen molar-refractivity contribution >= 4 is 37.9 Å². The number of hydrogen-bond acceptors (Lipinski definition) is 4. The minimum absolute atomic E-state index is 0.00530. The quantitative estimate of drug-likeness (QED) is 0.189. The Morgan fingerprint density at radius 1 is 1.11 bits per heavy atom. The van der Waals surface area contributed by atoms with E-state index in [0.29, 0.717) is 27.7 Å². The van der Waals surface area contributed by atoms with E-state index in [1.54, 1.807) is 32.0 Å². The van der Waals surface area contributed by atoms with Crippen LogP contribution in [0, 0.1) is 5.82 Å². The third-order valence-electron chi connectivity index (χ3n) is 6.06. The number of fused-ring (bicyclic) bond motifs is 1. The maximum absolute atomic E-state index is 14.7. The summed E-state index contributed by atoms with van der Waals surface area (Å²) >= 11 is 3.27. The van der Waals surface area contributed by atoms with E-state index in [-0.39, 0.29) is 17.7 Å². The average Bonchev–Trinajstić information content (AvgIpc) is 3.23. The molecule has 0 spiro atoms. The van der Waals surface area contributed by atoms with Crippen LogP contribution in [0.15, 0.2) is 63.7 Å². The SMILES string of the molecule is CC(C)(C[C@H](Cc1nc(Br)ccc1F)c1ccccc1-c1noc2cc(C(F)(F)F)ccc12)S(N)=O. The fourth-order valence-corrected chi connectivity index (χ4v) is 4.89. The number of nitrogens with zero attached hydrogens (tertiary/aromatic N) is 2. The highest BCUT2D eigenvalue weighted by Gasteiger charge is 2.33. The smallest absolute Gasteiger partial charge is 0.356 e. The van der Waals surface area contributed by atoms with Gasteiger partial charge in [-0.05, 0) is 84.4 Å². The van der Waals surface area contributed by atoms with Gasteiger partial charge in [0.2, 0.25) is 0 Å². The summed E-state index contributed by atoms with van der Waals surface area (Å²) in [6.07, 6.45) is -4.04. The molecule has 2 heterocycles. The predicted octanol–water partition coefficient (Wildman–Crippen LogP) is 6.93. The van der Waals surface area contributed by atoms with Crippen molar-refractivity contribution in [1.29, 1.82) is 0 Å². The summed E-state index contributed by atoms with van der Waals surface area (Å²) in [5.41, 5.74) is 1.06. The average molecular weight is 584 g/mol. The van der Waals surface area contributed by atoms with Crippen molar-refractivity contribution in [2.45, 2.75) is 43.5 Å². The number of pyridine rings is 1. The second-order valence-corrected chi connectivity index (χ2v) is 11.6. The lowest BCUT2D eigenvalue weighted by atomic mass is 9.83. The number of rotatable bonds is 7. The topological polar surface area (TPSA) is 82.0 Å². The Balaban J connectivity index is 1.84. The summed E-state index contributed by atoms with van der Waals surface area (Å²) in [5.74, 6) is -0.889. The first-order valence-corrected chi connectivity index (χ1v) is 12.9. The Morgan fingerprint density at radius 2 is 1.83 bits per heavy atom. The molecular weight excluding hydrogens is 562 g/mol. The summed E-state index contributed by atoms with van der Waals surface area (Å²) in [5, 5.41) is 10.2. The molecule has 2 atom stereocenters. The van der Waals surface area contributed by atoms with Crippen LogP contribution in [0.1, 0.15) is 43.0 Å². The van der Waals surface area contributed by atoms with Crippen LogP contribution in [-0.2, 0) is 23.6 Å². The number of alkyl halides is 3. The Kier molecular flexibility index (Phi) is 7.36. The van der Waals surface area contributed by atoms with E-state index in [1.807, 2.05) is 6.07 Å². The number of nitrogens with two attached hydrogens (primary N) is 1. The Bertz CT molecular complexity index is 1440. The Morgan fingerprint density at radius 3 is 2.53 bits per heavy atom. The summed E-state index contributed by atoms with van der Waals surface area (Å²) in [7, 11) is -1.68. The van der Waals surface area contributed by atoms with Crippen LogP contribution in [0.5, 0.6) is 0 Å². The molecule has 0 amide bonds. The summed E-state index contributed by atoms with van der Waals surface area (Å²) < 4.78 is 71.4. The zero-order chi connectivity index (χ0) is 26.3.